The Bertz CT molecular complexity index is 489. The van der Waals surface area contributed by atoms with E-state index in [1.54, 1.807) is 6.26 Å². The molecule has 0 spiro atoms. The number of hydrogen-bond donors (Lipinski definition) is 1. The van der Waals surface area contributed by atoms with Crippen molar-refractivity contribution in [3.05, 3.63) is 36.1 Å². The molecule has 2 aromatic rings. The van der Waals surface area contributed by atoms with E-state index in [2.05, 4.69) is 0 Å². The second-order valence-corrected chi connectivity index (χ2v) is 4.21. The van der Waals surface area contributed by atoms with Crippen LogP contribution in [0.3, 0.4) is 0 Å². The first-order valence-electron chi connectivity index (χ1n) is 5.58. The van der Waals surface area contributed by atoms with Crippen LogP contribution in [0.15, 0.2) is 34.9 Å². The maximum atomic E-state index is 9.30. The summed E-state index contributed by atoms with van der Waals surface area (Å²) in [6.07, 6.45) is 2.65. The van der Waals surface area contributed by atoms with Crippen molar-refractivity contribution in [3.63, 3.8) is 0 Å². The molecule has 1 aromatic carbocycles. The van der Waals surface area contributed by atoms with E-state index in [0.717, 1.165) is 29.6 Å². The molecule has 0 saturated carbocycles. The van der Waals surface area contributed by atoms with E-state index >= 15 is 0 Å². The zero-order valence-electron chi connectivity index (χ0n) is 8.93. The molecular weight excluding hydrogens is 204 g/mol. The predicted molar refractivity (Wildman–Crippen MR) is 60.1 cm³/mol. The third-order valence-electron chi connectivity index (χ3n) is 3.27. The maximum absolute atomic E-state index is 9.30. The van der Waals surface area contributed by atoms with Crippen LogP contribution in [-0.4, -0.2) is 18.3 Å². The molecule has 2 heterocycles. The van der Waals surface area contributed by atoms with Crippen LogP contribution >= 0.6 is 0 Å². The van der Waals surface area contributed by atoms with Crippen LogP contribution in [0.1, 0.15) is 18.1 Å². The van der Waals surface area contributed by atoms with Crippen LogP contribution in [-0.2, 0) is 4.74 Å². The highest BCUT2D eigenvalue weighted by molar-refractivity contribution is 5.81. The van der Waals surface area contributed by atoms with Gasteiger partial charge in [0.15, 0.2) is 0 Å². The van der Waals surface area contributed by atoms with Crippen molar-refractivity contribution < 1.29 is 14.3 Å². The van der Waals surface area contributed by atoms with Crippen LogP contribution in [0.25, 0.3) is 11.0 Å². The largest absolute Gasteiger partial charge is 0.464 e. The van der Waals surface area contributed by atoms with Crippen LogP contribution in [0, 0.1) is 5.92 Å². The normalized spacial score (nSPS) is 25.3. The van der Waals surface area contributed by atoms with E-state index in [1.165, 1.54) is 0 Å². The Morgan fingerprint density at radius 2 is 2.19 bits per heavy atom. The van der Waals surface area contributed by atoms with E-state index < -0.39 is 0 Å². The van der Waals surface area contributed by atoms with Gasteiger partial charge in [-0.25, -0.2) is 0 Å². The first-order valence-corrected chi connectivity index (χ1v) is 5.58. The Hall–Kier alpha value is -1.32. The van der Waals surface area contributed by atoms with Gasteiger partial charge in [0.05, 0.1) is 12.4 Å². The summed E-state index contributed by atoms with van der Waals surface area (Å²) in [7, 11) is 0. The number of para-hydroxylation sites is 1. The molecule has 1 fully saturated rings. The summed E-state index contributed by atoms with van der Waals surface area (Å²) in [6, 6.07) is 7.92. The van der Waals surface area contributed by atoms with Gasteiger partial charge in [0.2, 0.25) is 0 Å². The fourth-order valence-corrected chi connectivity index (χ4v) is 2.38. The Kier molecular flexibility index (Phi) is 2.42. The minimum atomic E-state index is -0.0198. The SMILES string of the molecule is OCC1CCOC1c1coc2ccccc12. The van der Waals surface area contributed by atoms with Crippen LogP contribution in [0.2, 0.25) is 0 Å². The zero-order chi connectivity index (χ0) is 11.0. The molecule has 3 nitrogen and oxygen atoms in total. The topological polar surface area (TPSA) is 42.6 Å². The average Bonchev–Trinajstić information content (AvgIpc) is 2.94. The quantitative estimate of drug-likeness (QED) is 0.842. The second-order valence-electron chi connectivity index (χ2n) is 4.21. The third-order valence-corrected chi connectivity index (χ3v) is 3.27. The highest BCUT2D eigenvalue weighted by Gasteiger charge is 2.31. The van der Waals surface area contributed by atoms with Crippen molar-refractivity contribution in [1.29, 1.82) is 0 Å². The summed E-state index contributed by atoms with van der Waals surface area (Å²) in [5, 5.41) is 10.4. The molecule has 16 heavy (non-hydrogen) atoms. The van der Waals surface area contributed by atoms with Crippen molar-refractivity contribution >= 4 is 11.0 Å². The fraction of sp³-hybridized carbons (Fsp3) is 0.385. The van der Waals surface area contributed by atoms with Gasteiger partial charge < -0.3 is 14.3 Å². The van der Waals surface area contributed by atoms with Crippen molar-refractivity contribution in [2.24, 2.45) is 5.92 Å². The van der Waals surface area contributed by atoms with Crippen LogP contribution < -0.4 is 0 Å². The molecule has 3 rings (SSSR count). The summed E-state index contributed by atoms with van der Waals surface area (Å²) in [6.45, 7) is 0.888. The summed E-state index contributed by atoms with van der Waals surface area (Å²) in [5.74, 6) is 0.195. The van der Waals surface area contributed by atoms with Crippen LogP contribution in [0.4, 0.5) is 0 Å². The Morgan fingerprint density at radius 1 is 1.31 bits per heavy atom. The average molecular weight is 218 g/mol. The number of benzene rings is 1. The predicted octanol–water partition coefficient (Wildman–Crippen LogP) is 2.50. The molecule has 1 N–H and O–H groups in total. The molecule has 84 valence electrons. The lowest BCUT2D eigenvalue weighted by Gasteiger charge is -2.14. The molecule has 2 atom stereocenters. The first-order chi connectivity index (χ1) is 7.90. The molecule has 0 bridgehead atoms. The Balaban J connectivity index is 2.05. The third kappa shape index (κ3) is 1.44. The lowest BCUT2D eigenvalue weighted by molar-refractivity contribution is 0.0725. The summed E-state index contributed by atoms with van der Waals surface area (Å²) >= 11 is 0. The Labute approximate surface area is 93.6 Å². The van der Waals surface area contributed by atoms with E-state index in [-0.39, 0.29) is 18.6 Å². The molecule has 1 aliphatic rings. The summed E-state index contributed by atoms with van der Waals surface area (Å²) in [5.41, 5.74) is 1.94. The van der Waals surface area contributed by atoms with Gasteiger partial charge in [0, 0.05) is 30.1 Å². The van der Waals surface area contributed by atoms with Crippen molar-refractivity contribution in [2.75, 3.05) is 13.2 Å². The number of fused-ring (bicyclic) bond motifs is 1. The number of rotatable bonds is 2. The minimum absolute atomic E-state index is 0.0198. The zero-order valence-corrected chi connectivity index (χ0v) is 8.93. The number of hydrogen-bond acceptors (Lipinski definition) is 3. The highest BCUT2D eigenvalue weighted by Crippen LogP contribution is 2.38. The lowest BCUT2D eigenvalue weighted by Crippen LogP contribution is -2.10. The number of ether oxygens (including phenoxy) is 1. The molecule has 1 aliphatic heterocycles. The van der Waals surface area contributed by atoms with Gasteiger partial charge in [-0.2, -0.15) is 0 Å². The van der Waals surface area contributed by atoms with Gasteiger partial charge in [0.25, 0.3) is 0 Å². The van der Waals surface area contributed by atoms with Crippen LogP contribution in [0.5, 0.6) is 0 Å². The van der Waals surface area contributed by atoms with Gasteiger partial charge in [-0.15, -0.1) is 0 Å². The first kappa shape index (κ1) is 9.87. The van der Waals surface area contributed by atoms with E-state index in [4.69, 9.17) is 9.15 Å². The molecule has 0 amide bonds. The number of aliphatic hydroxyl groups is 1. The fourth-order valence-electron chi connectivity index (χ4n) is 2.38. The smallest absolute Gasteiger partial charge is 0.134 e. The Morgan fingerprint density at radius 3 is 3.06 bits per heavy atom. The molecule has 3 heteroatoms. The molecule has 1 saturated heterocycles. The summed E-state index contributed by atoms with van der Waals surface area (Å²) < 4.78 is 11.2. The standard InChI is InChI=1S/C13H14O3/c14-7-9-5-6-15-13(9)11-8-16-12-4-2-1-3-10(11)12/h1-4,8-9,13-14H,5-7H2. The van der Waals surface area contributed by atoms with Crippen molar-refractivity contribution in [2.45, 2.75) is 12.5 Å². The molecule has 0 aliphatic carbocycles. The van der Waals surface area contributed by atoms with Gasteiger partial charge in [0.1, 0.15) is 5.58 Å². The van der Waals surface area contributed by atoms with Crippen molar-refractivity contribution in [3.8, 4) is 0 Å². The number of aliphatic hydroxyl groups excluding tert-OH is 1. The van der Waals surface area contributed by atoms with Gasteiger partial charge in [-0.1, -0.05) is 18.2 Å². The minimum Gasteiger partial charge on any atom is -0.464 e. The maximum Gasteiger partial charge on any atom is 0.134 e. The van der Waals surface area contributed by atoms with E-state index in [9.17, 15) is 5.11 Å². The molecule has 1 aromatic heterocycles. The molecule has 2 unspecified atom stereocenters. The number of furan rings is 1. The molecule has 0 radical (unpaired) electrons. The van der Waals surface area contributed by atoms with E-state index in [1.807, 2.05) is 24.3 Å². The highest BCUT2D eigenvalue weighted by atomic mass is 16.5. The van der Waals surface area contributed by atoms with Gasteiger partial charge in [-0.05, 0) is 12.5 Å². The summed E-state index contributed by atoms with van der Waals surface area (Å²) in [4.78, 5) is 0. The monoisotopic (exact) mass is 218 g/mol. The van der Waals surface area contributed by atoms with Gasteiger partial charge >= 0.3 is 0 Å². The lowest BCUT2D eigenvalue weighted by atomic mass is 9.96. The van der Waals surface area contributed by atoms with E-state index in [0.29, 0.717) is 0 Å². The van der Waals surface area contributed by atoms with Gasteiger partial charge in [-0.3, -0.25) is 0 Å². The molecular formula is C13H14O3. The second kappa shape index (κ2) is 3.92. The van der Waals surface area contributed by atoms with Crippen molar-refractivity contribution in [1.82, 2.24) is 0 Å².